The molecule has 1 atom stereocenters. The van der Waals surface area contributed by atoms with E-state index in [1.807, 2.05) is 6.07 Å². The van der Waals surface area contributed by atoms with Gasteiger partial charge < -0.3 is 10.4 Å². The first kappa shape index (κ1) is 9.98. The molecule has 3 rings (SSSR count). The smallest absolute Gasteiger partial charge is 0.269 e. The van der Waals surface area contributed by atoms with Crippen molar-refractivity contribution < 1.29 is 9.90 Å². The van der Waals surface area contributed by atoms with Gasteiger partial charge in [-0.15, -0.1) is 0 Å². The average molecular weight is 230 g/mol. The van der Waals surface area contributed by atoms with Crippen LogP contribution in [-0.4, -0.2) is 32.3 Å². The number of pyridine rings is 1. The summed E-state index contributed by atoms with van der Waals surface area (Å²) in [6, 6.07) is 7.08. The summed E-state index contributed by atoms with van der Waals surface area (Å²) in [7, 11) is 0. The molecule has 0 saturated heterocycles. The molecule has 0 bridgehead atoms. The van der Waals surface area contributed by atoms with Gasteiger partial charge in [0.05, 0.1) is 12.2 Å². The van der Waals surface area contributed by atoms with Crippen molar-refractivity contribution in [2.24, 2.45) is 0 Å². The number of amides is 1. The normalized spacial score (nSPS) is 18.6. The molecule has 3 heterocycles. The molecule has 2 aromatic rings. The number of carbonyl (C=O) groups is 1. The predicted molar refractivity (Wildman–Crippen MR) is 59.0 cm³/mol. The Morgan fingerprint density at radius 2 is 2.29 bits per heavy atom. The second kappa shape index (κ2) is 3.67. The van der Waals surface area contributed by atoms with Crippen molar-refractivity contribution in [3.8, 4) is 11.4 Å². The van der Waals surface area contributed by atoms with Gasteiger partial charge in [0.15, 0.2) is 6.23 Å². The SMILES string of the molecule is O=C1NC[C@H](O)n2nc(-c3ccccn3)cc21. The maximum atomic E-state index is 11.6. The summed E-state index contributed by atoms with van der Waals surface area (Å²) in [5.74, 6) is -0.231. The lowest BCUT2D eigenvalue weighted by atomic mass is 10.2. The number of carbonyl (C=O) groups excluding carboxylic acids is 1. The molecule has 6 nitrogen and oxygen atoms in total. The van der Waals surface area contributed by atoms with Gasteiger partial charge in [-0.3, -0.25) is 9.78 Å². The van der Waals surface area contributed by atoms with Crippen LogP contribution in [0.15, 0.2) is 30.5 Å². The number of aromatic nitrogens is 3. The number of rotatable bonds is 1. The van der Waals surface area contributed by atoms with E-state index in [1.165, 1.54) is 4.68 Å². The summed E-state index contributed by atoms with van der Waals surface area (Å²) < 4.78 is 1.32. The van der Waals surface area contributed by atoms with E-state index in [1.54, 1.807) is 24.4 Å². The van der Waals surface area contributed by atoms with Gasteiger partial charge in [-0.1, -0.05) is 6.07 Å². The summed E-state index contributed by atoms with van der Waals surface area (Å²) in [5, 5.41) is 16.5. The first-order chi connectivity index (χ1) is 8.25. The lowest BCUT2D eigenvalue weighted by Gasteiger charge is -2.19. The molecular weight excluding hydrogens is 220 g/mol. The van der Waals surface area contributed by atoms with Gasteiger partial charge in [0, 0.05) is 6.20 Å². The molecule has 0 saturated carbocycles. The van der Waals surface area contributed by atoms with E-state index in [2.05, 4.69) is 15.4 Å². The molecule has 0 aromatic carbocycles. The van der Waals surface area contributed by atoms with Crippen LogP contribution >= 0.6 is 0 Å². The van der Waals surface area contributed by atoms with E-state index in [9.17, 15) is 9.90 Å². The molecule has 0 spiro atoms. The molecular formula is C11H10N4O2. The Bertz CT molecular complexity index is 564. The Labute approximate surface area is 96.9 Å². The highest BCUT2D eigenvalue weighted by Crippen LogP contribution is 2.20. The maximum absolute atomic E-state index is 11.6. The Hall–Kier alpha value is -2.21. The molecule has 0 unspecified atom stereocenters. The average Bonchev–Trinajstić information content (AvgIpc) is 2.81. The second-order valence-electron chi connectivity index (χ2n) is 3.77. The van der Waals surface area contributed by atoms with Crippen LogP contribution in [0.25, 0.3) is 11.4 Å². The first-order valence-corrected chi connectivity index (χ1v) is 5.23. The molecule has 1 aliphatic heterocycles. The molecule has 2 aromatic heterocycles. The summed E-state index contributed by atoms with van der Waals surface area (Å²) >= 11 is 0. The van der Waals surface area contributed by atoms with E-state index < -0.39 is 6.23 Å². The topological polar surface area (TPSA) is 80.0 Å². The summed E-state index contributed by atoms with van der Waals surface area (Å²) in [4.78, 5) is 15.7. The fraction of sp³-hybridized carbons (Fsp3) is 0.182. The third kappa shape index (κ3) is 1.58. The summed E-state index contributed by atoms with van der Waals surface area (Å²) in [5.41, 5.74) is 1.61. The number of nitrogens with zero attached hydrogens (tertiary/aromatic N) is 3. The first-order valence-electron chi connectivity index (χ1n) is 5.23. The van der Waals surface area contributed by atoms with E-state index in [-0.39, 0.29) is 12.5 Å². The van der Waals surface area contributed by atoms with Crippen LogP contribution in [-0.2, 0) is 0 Å². The molecule has 6 heteroatoms. The van der Waals surface area contributed by atoms with Gasteiger partial charge in [0.2, 0.25) is 0 Å². The van der Waals surface area contributed by atoms with Crippen LogP contribution in [0.3, 0.4) is 0 Å². The second-order valence-corrected chi connectivity index (χ2v) is 3.77. The Kier molecular flexibility index (Phi) is 2.15. The molecule has 0 radical (unpaired) electrons. The van der Waals surface area contributed by atoms with Crippen LogP contribution in [0, 0.1) is 0 Å². The quantitative estimate of drug-likeness (QED) is 0.732. The zero-order valence-corrected chi connectivity index (χ0v) is 8.87. The number of aliphatic hydroxyl groups excluding tert-OH is 1. The van der Waals surface area contributed by atoms with Crippen molar-refractivity contribution in [3.63, 3.8) is 0 Å². The molecule has 86 valence electrons. The standard InChI is InChI=1S/C11H10N4O2/c16-10-6-13-11(17)9-5-8(14-15(9)10)7-3-1-2-4-12-7/h1-5,10,16H,6H2,(H,13,17)/t10-/m0/s1. The number of aliphatic hydroxyl groups is 1. The molecule has 0 aliphatic carbocycles. The van der Waals surface area contributed by atoms with Crippen LogP contribution in [0.2, 0.25) is 0 Å². The van der Waals surface area contributed by atoms with Crippen molar-refractivity contribution in [1.29, 1.82) is 0 Å². The maximum Gasteiger partial charge on any atom is 0.269 e. The highest BCUT2D eigenvalue weighted by molar-refractivity contribution is 5.94. The van der Waals surface area contributed by atoms with Crippen molar-refractivity contribution in [3.05, 3.63) is 36.2 Å². The van der Waals surface area contributed by atoms with Crippen LogP contribution in [0.1, 0.15) is 16.7 Å². The highest BCUT2D eigenvalue weighted by atomic mass is 16.3. The Balaban J connectivity index is 2.10. The van der Waals surface area contributed by atoms with Gasteiger partial charge in [-0.2, -0.15) is 5.10 Å². The lowest BCUT2D eigenvalue weighted by molar-refractivity contribution is 0.0594. The summed E-state index contributed by atoms with van der Waals surface area (Å²) in [6.45, 7) is 0.176. The minimum Gasteiger partial charge on any atom is -0.370 e. The van der Waals surface area contributed by atoms with E-state index in [4.69, 9.17) is 0 Å². The molecule has 2 N–H and O–H groups in total. The van der Waals surface area contributed by atoms with Gasteiger partial charge in [0.25, 0.3) is 5.91 Å². The summed E-state index contributed by atoms with van der Waals surface area (Å²) in [6.07, 6.45) is 0.838. The molecule has 1 amide bonds. The fourth-order valence-corrected chi connectivity index (χ4v) is 1.79. The largest absolute Gasteiger partial charge is 0.370 e. The Morgan fingerprint density at radius 1 is 1.41 bits per heavy atom. The van der Waals surface area contributed by atoms with Crippen LogP contribution in [0.5, 0.6) is 0 Å². The van der Waals surface area contributed by atoms with E-state index in [0.717, 1.165) is 0 Å². The molecule has 17 heavy (non-hydrogen) atoms. The number of hydrogen-bond donors (Lipinski definition) is 2. The van der Waals surface area contributed by atoms with Gasteiger partial charge in [-0.05, 0) is 18.2 Å². The van der Waals surface area contributed by atoms with E-state index in [0.29, 0.717) is 17.1 Å². The number of fused-ring (bicyclic) bond motifs is 1. The van der Waals surface area contributed by atoms with Crippen molar-refractivity contribution in [1.82, 2.24) is 20.1 Å². The minimum absolute atomic E-state index is 0.176. The van der Waals surface area contributed by atoms with Crippen LogP contribution < -0.4 is 5.32 Å². The number of β-amino-alcohol motifs (C(OH)–C–C–N with tert-alkyl or cyclic N) is 1. The van der Waals surface area contributed by atoms with Gasteiger partial charge in [-0.25, -0.2) is 4.68 Å². The van der Waals surface area contributed by atoms with Crippen molar-refractivity contribution in [2.75, 3.05) is 6.54 Å². The fourth-order valence-electron chi connectivity index (χ4n) is 1.79. The number of nitrogens with one attached hydrogen (secondary N) is 1. The minimum atomic E-state index is -0.819. The predicted octanol–water partition coefficient (Wildman–Crippen LogP) is 0.179. The van der Waals surface area contributed by atoms with Crippen LogP contribution in [0.4, 0.5) is 0 Å². The van der Waals surface area contributed by atoms with E-state index >= 15 is 0 Å². The molecule has 1 aliphatic rings. The van der Waals surface area contributed by atoms with Crippen molar-refractivity contribution in [2.45, 2.75) is 6.23 Å². The lowest BCUT2D eigenvalue weighted by Crippen LogP contribution is -2.39. The third-order valence-corrected chi connectivity index (χ3v) is 2.62. The third-order valence-electron chi connectivity index (χ3n) is 2.62. The zero-order chi connectivity index (χ0) is 11.8. The zero-order valence-electron chi connectivity index (χ0n) is 8.87. The van der Waals surface area contributed by atoms with Crippen molar-refractivity contribution >= 4 is 5.91 Å². The highest BCUT2D eigenvalue weighted by Gasteiger charge is 2.25. The number of hydrogen-bond acceptors (Lipinski definition) is 4. The molecule has 0 fully saturated rings. The Morgan fingerprint density at radius 3 is 3.00 bits per heavy atom. The van der Waals surface area contributed by atoms with Gasteiger partial charge >= 0.3 is 0 Å². The van der Waals surface area contributed by atoms with Gasteiger partial charge in [0.1, 0.15) is 11.4 Å². The monoisotopic (exact) mass is 230 g/mol.